The van der Waals surface area contributed by atoms with Crippen molar-refractivity contribution in [3.05, 3.63) is 72.3 Å². The van der Waals surface area contributed by atoms with Crippen LogP contribution in [0, 0.1) is 17.8 Å². The number of hydrogen-bond acceptors (Lipinski definition) is 5. The Morgan fingerprint density at radius 2 is 1.57 bits per heavy atom. The third kappa shape index (κ3) is 6.96. The van der Waals surface area contributed by atoms with Crippen LogP contribution in [0.15, 0.2) is 71.6 Å². The monoisotopic (exact) mass is 519 g/mol. The van der Waals surface area contributed by atoms with Crippen molar-refractivity contribution in [2.75, 3.05) is 18.4 Å². The first-order chi connectivity index (χ1) is 17.7. The lowest BCUT2D eigenvalue weighted by atomic mass is 9.97. The van der Waals surface area contributed by atoms with Gasteiger partial charge in [-0.15, -0.1) is 0 Å². The highest BCUT2D eigenvalue weighted by Gasteiger charge is 2.33. The van der Waals surface area contributed by atoms with Crippen molar-refractivity contribution in [1.29, 1.82) is 0 Å². The average Bonchev–Trinajstić information content (AvgIpc) is 2.88. The van der Waals surface area contributed by atoms with Crippen molar-refractivity contribution >= 4 is 44.2 Å². The standard InChI is InChI=1S/C28H29N3O5S/c1-4-9-26(32)29-23-15-12-20(13-16-23)18-25(28(34)31(5-2)6-3)27(33)30-37(35,36)24-17-14-21-10-7-8-11-22(21)19-24/h7-8,10-17,19,25H,5-6,18H2,1-3H3,(H,29,32)(H,30,33). The first-order valence-electron chi connectivity index (χ1n) is 11.9. The molecule has 3 aromatic rings. The fourth-order valence-corrected chi connectivity index (χ4v) is 4.93. The topological polar surface area (TPSA) is 113 Å². The molecule has 0 bridgehead atoms. The van der Waals surface area contributed by atoms with Crippen LogP contribution < -0.4 is 10.0 Å². The molecule has 0 heterocycles. The Hall–Kier alpha value is -4.16. The molecule has 192 valence electrons. The van der Waals surface area contributed by atoms with Crippen LogP contribution in [-0.2, 0) is 30.8 Å². The highest BCUT2D eigenvalue weighted by Crippen LogP contribution is 2.21. The van der Waals surface area contributed by atoms with Gasteiger partial charge in [0.1, 0.15) is 5.92 Å². The molecule has 0 saturated carbocycles. The third-order valence-corrected chi connectivity index (χ3v) is 7.19. The zero-order chi connectivity index (χ0) is 27.0. The summed E-state index contributed by atoms with van der Waals surface area (Å²) in [5, 5.41) is 4.20. The molecule has 3 rings (SSSR count). The quantitative estimate of drug-likeness (QED) is 0.333. The normalized spacial score (nSPS) is 11.6. The highest BCUT2D eigenvalue weighted by molar-refractivity contribution is 7.90. The van der Waals surface area contributed by atoms with Crippen LogP contribution in [0.2, 0.25) is 0 Å². The summed E-state index contributed by atoms with van der Waals surface area (Å²) >= 11 is 0. The van der Waals surface area contributed by atoms with Gasteiger partial charge in [0.2, 0.25) is 11.8 Å². The number of rotatable bonds is 9. The van der Waals surface area contributed by atoms with Crippen molar-refractivity contribution in [2.24, 2.45) is 5.92 Å². The van der Waals surface area contributed by atoms with Crippen molar-refractivity contribution in [2.45, 2.75) is 32.1 Å². The number of fused-ring (bicyclic) bond motifs is 1. The van der Waals surface area contributed by atoms with Gasteiger partial charge in [-0.3, -0.25) is 14.4 Å². The Labute approximate surface area is 217 Å². The summed E-state index contributed by atoms with van der Waals surface area (Å²) < 4.78 is 28.2. The zero-order valence-electron chi connectivity index (χ0n) is 20.9. The van der Waals surface area contributed by atoms with Gasteiger partial charge in [0.15, 0.2) is 0 Å². The summed E-state index contributed by atoms with van der Waals surface area (Å²) in [6.45, 7) is 5.89. The lowest BCUT2D eigenvalue weighted by Crippen LogP contribution is -2.46. The zero-order valence-corrected chi connectivity index (χ0v) is 21.8. The largest absolute Gasteiger partial charge is 0.343 e. The third-order valence-electron chi connectivity index (χ3n) is 5.85. The van der Waals surface area contributed by atoms with Gasteiger partial charge in [0, 0.05) is 18.8 Å². The molecule has 3 amide bonds. The number of carbonyl (C=O) groups is 3. The molecule has 0 aliphatic rings. The maximum atomic E-state index is 13.3. The molecule has 0 aromatic heterocycles. The molecule has 0 saturated heterocycles. The number of nitrogens with zero attached hydrogens (tertiary/aromatic N) is 1. The van der Waals surface area contributed by atoms with Gasteiger partial charge < -0.3 is 10.2 Å². The van der Waals surface area contributed by atoms with Crippen molar-refractivity contribution in [3.8, 4) is 11.8 Å². The van der Waals surface area contributed by atoms with Gasteiger partial charge in [-0.05, 0) is 73.7 Å². The Morgan fingerprint density at radius 3 is 2.19 bits per heavy atom. The Bertz CT molecular complexity index is 1470. The van der Waals surface area contributed by atoms with E-state index in [2.05, 4.69) is 21.9 Å². The predicted molar refractivity (Wildman–Crippen MR) is 143 cm³/mol. The summed E-state index contributed by atoms with van der Waals surface area (Å²) in [4.78, 5) is 39.6. The molecule has 37 heavy (non-hydrogen) atoms. The first-order valence-corrected chi connectivity index (χ1v) is 13.3. The Balaban J connectivity index is 1.85. The summed E-state index contributed by atoms with van der Waals surface area (Å²) in [6.07, 6.45) is -0.0165. The van der Waals surface area contributed by atoms with Crippen molar-refractivity contribution in [1.82, 2.24) is 9.62 Å². The molecule has 1 atom stereocenters. The predicted octanol–water partition coefficient (Wildman–Crippen LogP) is 3.33. The van der Waals surface area contributed by atoms with Gasteiger partial charge in [0.05, 0.1) is 4.90 Å². The molecule has 0 aliphatic carbocycles. The van der Waals surface area contributed by atoms with Crippen LogP contribution in [-0.4, -0.2) is 44.1 Å². The molecule has 2 N–H and O–H groups in total. The lowest BCUT2D eigenvalue weighted by Gasteiger charge is -2.24. The molecule has 0 fully saturated rings. The Morgan fingerprint density at radius 1 is 0.919 bits per heavy atom. The van der Waals surface area contributed by atoms with E-state index >= 15 is 0 Å². The molecule has 1 unspecified atom stereocenters. The molecule has 3 aromatic carbocycles. The van der Waals surface area contributed by atoms with Gasteiger partial charge in [-0.1, -0.05) is 48.4 Å². The molecule has 0 spiro atoms. The van der Waals surface area contributed by atoms with Crippen LogP contribution in [0.5, 0.6) is 0 Å². The molecule has 9 heteroatoms. The van der Waals surface area contributed by atoms with Gasteiger partial charge >= 0.3 is 0 Å². The minimum Gasteiger partial charge on any atom is -0.343 e. The van der Waals surface area contributed by atoms with Crippen LogP contribution in [0.25, 0.3) is 10.8 Å². The molecular weight excluding hydrogens is 490 g/mol. The van der Waals surface area contributed by atoms with Gasteiger partial charge in [-0.25, -0.2) is 13.1 Å². The van der Waals surface area contributed by atoms with Gasteiger partial charge in [-0.2, -0.15) is 0 Å². The van der Waals surface area contributed by atoms with E-state index in [9.17, 15) is 22.8 Å². The van der Waals surface area contributed by atoms with Crippen molar-refractivity contribution < 1.29 is 22.8 Å². The highest BCUT2D eigenvalue weighted by atomic mass is 32.2. The van der Waals surface area contributed by atoms with E-state index in [4.69, 9.17) is 0 Å². The number of nitrogens with one attached hydrogen (secondary N) is 2. The maximum absolute atomic E-state index is 13.3. The maximum Gasteiger partial charge on any atom is 0.300 e. The van der Waals surface area contributed by atoms with E-state index in [0.29, 0.717) is 29.7 Å². The van der Waals surface area contributed by atoms with Crippen molar-refractivity contribution in [3.63, 3.8) is 0 Å². The van der Waals surface area contributed by atoms with E-state index < -0.39 is 33.7 Å². The molecule has 0 aliphatic heterocycles. The number of sulfonamides is 1. The molecule has 0 radical (unpaired) electrons. The van der Waals surface area contributed by atoms with Gasteiger partial charge in [0.25, 0.3) is 15.9 Å². The van der Waals surface area contributed by atoms with Crippen LogP contribution in [0.3, 0.4) is 0 Å². The minimum atomic E-state index is -4.22. The number of anilines is 1. The smallest absolute Gasteiger partial charge is 0.300 e. The molecule has 8 nitrogen and oxygen atoms in total. The second-order valence-corrected chi connectivity index (χ2v) is 9.95. The molecular formula is C28H29N3O5S. The number of benzene rings is 3. The lowest BCUT2D eigenvalue weighted by molar-refractivity contribution is -0.141. The summed E-state index contributed by atoms with van der Waals surface area (Å²) in [6, 6.07) is 18.5. The number of hydrogen-bond donors (Lipinski definition) is 2. The number of amides is 3. The van der Waals surface area contributed by atoms with Crippen LogP contribution in [0.4, 0.5) is 5.69 Å². The van der Waals surface area contributed by atoms with E-state index in [0.717, 1.165) is 5.39 Å². The first kappa shape index (κ1) is 27.4. The average molecular weight is 520 g/mol. The van der Waals surface area contributed by atoms with E-state index in [-0.39, 0.29) is 11.3 Å². The van der Waals surface area contributed by atoms with Crippen LogP contribution >= 0.6 is 0 Å². The van der Waals surface area contributed by atoms with E-state index in [1.807, 2.05) is 12.1 Å². The van der Waals surface area contributed by atoms with E-state index in [1.165, 1.54) is 17.0 Å². The second-order valence-electron chi connectivity index (χ2n) is 8.27. The second kappa shape index (κ2) is 12.2. The summed E-state index contributed by atoms with van der Waals surface area (Å²) in [5.41, 5.74) is 1.13. The Kier molecular flexibility index (Phi) is 9.04. The minimum absolute atomic E-state index is 0.0165. The fraction of sp³-hybridized carbons (Fsp3) is 0.250. The SMILES string of the molecule is CC#CC(=O)Nc1ccc(CC(C(=O)NS(=O)(=O)c2ccc3ccccc3c2)C(=O)N(CC)CC)cc1. The summed E-state index contributed by atoms with van der Waals surface area (Å²) in [7, 11) is -4.22. The fourth-order valence-electron chi connectivity index (χ4n) is 3.88. The summed E-state index contributed by atoms with van der Waals surface area (Å²) in [5.74, 6) is 1.81. The number of carbonyl (C=O) groups excluding carboxylic acids is 3. The van der Waals surface area contributed by atoms with E-state index in [1.54, 1.807) is 63.2 Å². The van der Waals surface area contributed by atoms with Crippen LogP contribution in [0.1, 0.15) is 26.3 Å².